The molecule has 0 atom stereocenters. The lowest BCUT2D eigenvalue weighted by Crippen LogP contribution is -1.89. The number of allylic oxidation sites excluding steroid dienone is 1. The van der Waals surface area contributed by atoms with Crippen LogP contribution in [0.5, 0.6) is 0 Å². The molecule has 0 aromatic carbocycles. The van der Waals surface area contributed by atoms with Crippen LogP contribution in [0.3, 0.4) is 0 Å². The summed E-state index contributed by atoms with van der Waals surface area (Å²) in [6.45, 7) is 2.37. The number of ether oxygens (including phenoxy) is 1. The van der Waals surface area contributed by atoms with E-state index in [0.29, 0.717) is 0 Å². The third-order valence-electron chi connectivity index (χ3n) is 1.12. The lowest BCUT2D eigenvalue weighted by Gasteiger charge is -1.94. The van der Waals surface area contributed by atoms with Crippen molar-refractivity contribution in [2.75, 3.05) is 6.61 Å². The average molecular weight is 169 g/mol. The Labute approximate surface area is 71.8 Å². The number of diazo groups is 1. The van der Waals surface area contributed by atoms with E-state index in [2.05, 4.69) is 11.9 Å². The Morgan fingerprint density at radius 2 is 2.33 bits per heavy atom. The Morgan fingerprint density at radius 1 is 1.58 bits per heavy atom. The zero-order valence-corrected chi connectivity index (χ0v) is 7.10. The molecule has 0 aliphatic rings. The van der Waals surface area contributed by atoms with E-state index in [0.717, 1.165) is 19.0 Å². The highest BCUT2D eigenvalue weighted by Gasteiger charge is 1.96. The summed E-state index contributed by atoms with van der Waals surface area (Å²) in [4.78, 5) is 2.59. The summed E-state index contributed by atoms with van der Waals surface area (Å²) in [6.07, 6.45) is 6.67. The zero-order chi connectivity index (χ0) is 9.23. The van der Waals surface area contributed by atoms with Gasteiger partial charge < -0.3 is 9.84 Å². The topological polar surface area (TPSA) is 57.6 Å². The van der Waals surface area contributed by atoms with E-state index in [4.69, 9.17) is 15.2 Å². The first-order chi connectivity index (χ1) is 5.81. The van der Waals surface area contributed by atoms with E-state index in [-0.39, 0.29) is 6.61 Å². The number of unbranched alkanes of at least 4 members (excludes halogenated alkanes) is 1. The molecule has 4 heteroatoms. The Morgan fingerprint density at radius 3 is 2.92 bits per heavy atom. The molecule has 0 aliphatic heterocycles. The summed E-state index contributed by atoms with van der Waals surface area (Å²) < 4.78 is 4.71. The maximum atomic E-state index is 8.76. The SMILES string of the molecule is CCC/C=C/CO/C(O)=C/[N+]#N. The van der Waals surface area contributed by atoms with Crippen LogP contribution in [-0.4, -0.2) is 11.7 Å². The van der Waals surface area contributed by atoms with Crippen molar-refractivity contribution in [2.24, 2.45) is 0 Å². The van der Waals surface area contributed by atoms with E-state index < -0.39 is 5.95 Å². The molecule has 0 aromatic rings. The van der Waals surface area contributed by atoms with Crippen LogP contribution < -0.4 is 0 Å². The lowest BCUT2D eigenvalue weighted by atomic mass is 10.3. The van der Waals surface area contributed by atoms with Crippen molar-refractivity contribution in [3.63, 3.8) is 0 Å². The smallest absolute Gasteiger partial charge is 0.429 e. The van der Waals surface area contributed by atoms with E-state index in [1.807, 2.05) is 6.08 Å². The van der Waals surface area contributed by atoms with Gasteiger partial charge in [-0.15, -0.1) is 0 Å². The second-order valence-electron chi connectivity index (χ2n) is 2.15. The zero-order valence-electron chi connectivity index (χ0n) is 7.10. The fraction of sp³-hybridized carbons (Fsp3) is 0.500. The molecule has 0 amide bonds. The number of hydrogen-bond donors (Lipinski definition) is 1. The summed E-state index contributed by atoms with van der Waals surface area (Å²) in [7, 11) is 0. The fourth-order valence-corrected chi connectivity index (χ4v) is 0.573. The minimum absolute atomic E-state index is 0.290. The van der Waals surface area contributed by atoms with Gasteiger partial charge in [0.2, 0.25) is 5.39 Å². The largest absolute Gasteiger partial charge is 0.476 e. The molecule has 66 valence electrons. The Kier molecular flexibility index (Phi) is 6.65. The molecule has 0 saturated carbocycles. The van der Waals surface area contributed by atoms with Gasteiger partial charge in [-0.05, 0) is 6.42 Å². The second-order valence-corrected chi connectivity index (χ2v) is 2.15. The molecule has 0 bridgehead atoms. The summed E-state index contributed by atoms with van der Waals surface area (Å²) in [5.41, 5.74) is 0. The Hall–Kier alpha value is -1.50. The molecule has 12 heavy (non-hydrogen) atoms. The number of aliphatic hydroxyl groups excluding tert-OH is 1. The predicted molar refractivity (Wildman–Crippen MR) is 45.8 cm³/mol. The monoisotopic (exact) mass is 169 g/mol. The minimum atomic E-state index is -0.390. The Balaban J connectivity index is 3.44. The van der Waals surface area contributed by atoms with Crippen molar-refractivity contribution >= 4 is 0 Å². The first-order valence-electron chi connectivity index (χ1n) is 3.82. The maximum Gasteiger partial charge on any atom is 0.429 e. The van der Waals surface area contributed by atoms with Crippen LogP contribution in [0.25, 0.3) is 4.98 Å². The van der Waals surface area contributed by atoms with Gasteiger partial charge in [0.25, 0.3) is 0 Å². The summed E-state index contributed by atoms with van der Waals surface area (Å²) >= 11 is 0. The van der Waals surface area contributed by atoms with Crippen molar-refractivity contribution in [3.8, 4) is 0 Å². The first-order valence-corrected chi connectivity index (χ1v) is 3.82. The van der Waals surface area contributed by atoms with Crippen molar-refractivity contribution in [1.82, 2.24) is 0 Å². The molecule has 0 unspecified atom stereocenters. The van der Waals surface area contributed by atoms with Gasteiger partial charge in [-0.25, -0.2) is 0 Å². The number of aliphatic hydroxyl groups is 1. The van der Waals surface area contributed by atoms with Gasteiger partial charge in [0.05, 0.1) is 0 Å². The van der Waals surface area contributed by atoms with Gasteiger partial charge >= 0.3 is 12.1 Å². The standard InChI is InChI=1S/C8H12N2O2/c1-2-3-4-5-6-12-8(11)7-10-9/h4-5,7H,2-3,6H2,1H3/p+1/b5-4+,8-7+. The summed E-state index contributed by atoms with van der Waals surface area (Å²) in [5.74, 6) is -0.390. The predicted octanol–water partition coefficient (Wildman–Crippen LogP) is 2.57. The average Bonchev–Trinajstić information content (AvgIpc) is 2.05. The van der Waals surface area contributed by atoms with Gasteiger partial charge in [0.1, 0.15) is 6.61 Å². The highest BCUT2D eigenvalue weighted by Crippen LogP contribution is 1.93. The number of rotatable bonds is 5. The molecule has 0 spiro atoms. The number of hydrogen-bond acceptors (Lipinski definition) is 3. The highest BCUT2D eigenvalue weighted by atomic mass is 16.6. The molecule has 1 N–H and O–H groups in total. The van der Waals surface area contributed by atoms with Crippen molar-refractivity contribution in [2.45, 2.75) is 19.8 Å². The van der Waals surface area contributed by atoms with Crippen LogP contribution in [0.4, 0.5) is 0 Å². The fourth-order valence-electron chi connectivity index (χ4n) is 0.573. The third kappa shape index (κ3) is 6.62. The van der Waals surface area contributed by atoms with E-state index in [1.54, 1.807) is 6.08 Å². The van der Waals surface area contributed by atoms with Crippen molar-refractivity contribution < 1.29 is 9.84 Å². The van der Waals surface area contributed by atoms with Crippen LogP contribution in [0, 0.1) is 5.39 Å². The van der Waals surface area contributed by atoms with Gasteiger partial charge in [-0.2, -0.15) is 0 Å². The molecule has 4 nitrogen and oxygen atoms in total. The molecule has 0 heterocycles. The molecule has 0 aliphatic carbocycles. The van der Waals surface area contributed by atoms with Gasteiger partial charge in [0.15, 0.2) is 4.98 Å². The first kappa shape index (κ1) is 10.5. The summed E-state index contributed by atoms with van der Waals surface area (Å²) in [6, 6.07) is 0. The van der Waals surface area contributed by atoms with E-state index in [9.17, 15) is 0 Å². The molecular weight excluding hydrogens is 156 g/mol. The van der Waals surface area contributed by atoms with Crippen LogP contribution in [0.2, 0.25) is 0 Å². The molecule has 0 fully saturated rings. The van der Waals surface area contributed by atoms with Crippen molar-refractivity contribution in [1.29, 1.82) is 5.39 Å². The molecule has 0 radical (unpaired) electrons. The second kappa shape index (κ2) is 7.61. The van der Waals surface area contributed by atoms with E-state index >= 15 is 0 Å². The molecule has 0 rings (SSSR count). The highest BCUT2D eigenvalue weighted by molar-refractivity contribution is 4.89. The van der Waals surface area contributed by atoms with Gasteiger partial charge in [-0.3, -0.25) is 0 Å². The third-order valence-corrected chi connectivity index (χ3v) is 1.12. The maximum absolute atomic E-state index is 8.76. The summed E-state index contributed by atoms with van der Waals surface area (Å²) in [5, 5.41) is 16.7. The van der Waals surface area contributed by atoms with Crippen LogP contribution in [-0.2, 0) is 4.74 Å². The quantitative estimate of drug-likeness (QED) is 0.391. The van der Waals surface area contributed by atoms with Crippen LogP contribution >= 0.6 is 0 Å². The Bertz CT molecular complexity index is 204. The molecular formula is C8H13N2O2+. The molecule has 0 aromatic heterocycles. The van der Waals surface area contributed by atoms with Gasteiger partial charge in [-0.1, -0.05) is 25.5 Å². The lowest BCUT2D eigenvalue weighted by molar-refractivity contribution is 0.112. The normalized spacial score (nSPS) is 11.5. The number of nitrogens with zero attached hydrogens (tertiary/aromatic N) is 2. The van der Waals surface area contributed by atoms with Crippen LogP contribution in [0.1, 0.15) is 19.8 Å². The van der Waals surface area contributed by atoms with E-state index in [1.165, 1.54) is 0 Å². The van der Waals surface area contributed by atoms with Gasteiger partial charge in [0, 0.05) is 0 Å². The van der Waals surface area contributed by atoms with Crippen LogP contribution in [0.15, 0.2) is 24.3 Å². The minimum Gasteiger partial charge on any atom is -0.476 e. The molecule has 0 saturated heterocycles. The van der Waals surface area contributed by atoms with Crippen molar-refractivity contribution in [3.05, 3.63) is 29.3 Å².